The molecule has 3 aromatic carbocycles. The molecular weight excluding hydrogens is 498 g/mol. The van der Waals surface area contributed by atoms with Gasteiger partial charge in [-0.05, 0) is 56.0 Å². The standard InChI is InChI=1S/C30H37N3O4S/c1-5-25-17-13-14-20-28(25)33(38(36,37)26-18-11-8-12-19-26)22-29(34)32(21-24-15-9-7-10-16-24)27(6-2)30(35)31-23(3)4/h7-20,23,27H,5-6,21-22H2,1-4H3,(H,31,35)/t27-/m0/s1. The lowest BCUT2D eigenvalue weighted by atomic mass is 10.1. The Kier molecular flexibility index (Phi) is 10.1. The van der Waals surface area contributed by atoms with Crippen molar-refractivity contribution in [3.8, 4) is 0 Å². The van der Waals surface area contributed by atoms with Crippen LogP contribution in [-0.2, 0) is 32.6 Å². The third-order valence-electron chi connectivity index (χ3n) is 6.26. The zero-order valence-corrected chi connectivity index (χ0v) is 23.3. The van der Waals surface area contributed by atoms with E-state index < -0.39 is 28.5 Å². The molecule has 2 amide bonds. The van der Waals surface area contributed by atoms with E-state index in [0.29, 0.717) is 18.5 Å². The molecule has 0 bridgehead atoms. The highest BCUT2D eigenvalue weighted by molar-refractivity contribution is 7.92. The number of carbonyl (C=O) groups is 2. The Morgan fingerprint density at radius 1 is 0.842 bits per heavy atom. The van der Waals surface area contributed by atoms with Crippen LogP contribution < -0.4 is 9.62 Å². The number of hydrogen-bond donors (Lipinski definition) is 1. The largest absolute Gasteiger partial charge is 0.352 e. The van der Waals surface area contributed by atoms with E-state index in [1.165, 1.54) is 21.3 Å². The molecule has 0 spiro atoms. The van der Waals surface area contributed by atoms with Gasteiger partial charge in [-0.15, -0.1) is 0 Å². The summed E-state index contributed by atoms with van der Waals surface area (Å²) in [5, 5.41) is 2.91. The topological polar surface area (TPSA) is 86.8 Å². The summed E-state index contributed by atoms with van der Waals surface area (Å²) in [6.07, 6.45) is 0.974. The summed E-state index contributed by atoms with van der Waals surface area (Å²) in [6, 6.07) is 23.8. The van der Waals surface area contributed by atoms with Gasteiger partial charge in [0, 0.05) is 12.6 Å². The van der Waals surface area contributed by atoms with Gasteiger partial charge < -0.3 is 10.2 Å². The highest BCUT2D eigenvalue weighted by Gasteiger charge is 2.34. The second-order valence-electron chi connectivity index (χ2n) is 9.40. The molecule has 8 heteroatoms. The summed E-state index contributed by atoms with van der Waals surface area (Å²) < 4.78 is 29.0. The van der Waals surface area contributed by atoms with Crippen LogP contribution in [0.2, 0.25) is 0 Å². The summed E-state index contributed by atoms with van der Waals surface area (Å²) in [7, 11) is -4.07. The first kappa shape index (κ1) is 28.9. The van der Waals surface area contributed by atoms with Gasteiger partial charge in [-0.25, -0.2) is 8.42 Å². The fourth-order valence-corrected chi connectivity index (χ4v) is 5.84. The summed E-state index contributed by atoms with van der Waals surface area (Å²) in [4.78, 5) is 28.8. The number of sulfonamides is 1. The second kappa shape index (κ2) is 13.2. The van der Waals surface area contributed by atoms with Crippen LogP contribution in [0, 0.1) is 0 Å². The number of anilines is 1. The maximum absolute atomic E-state index is 14.0. The zero-order valence-electron chi connectivity index (χ0n) is 22.5. The van der Waals surface area contributed by atoms with E-state index in [1.54, 1.807) is 30.3 Å². The number of aryl methyl sites for hydroxylation is 1. The van der Waals surface area contributed by atoms with Crippen molar-refractivity contribution in [2.45, 2.75) is 64.1 Å². The monoisotopic (exact) mass is 535 g/mol. The molecule has 0 saturated heterocycles. The predicted octanol–water partition coefficient (Wildman–Crippen LogP) is 4.78. The van der Waals surface area contributed by atoms with Crippen molar-refractivity contribution >= 4 is 27.5 Å². The third-order valence-corrected chi connectivity index (χ3v) is 8.04. The average Bonchev–Trinajstić information content (AvgIpc) is 2.92. The summed E-state index contributed by atoms with van der Waals surface area (Å²) in [5.41, 5.74) is 2.11. The van der Waals surface area contributed by atoms with Gasteiger partial charge in [0.15, 0.2) is 0 Å². The first-order valence-electron chi connectivity index (χ1n) is 13.0. The fourth-order valence-electron chi connectivity index (χ4n) is 4.37. The van der Waals surface area contributed by atoms with E-state index in [4.69, 9.17) is 0 Å². The summed E-state index contributed by atoms with van der Waals surface area (Å²) >= 11 is 0. The smallest absolute Gasteiger partial charge is 0.264 e. The van der Waals surface area contributed by atoms with E-state index >= 15 is 0 Å². The SMILES string of the molecule is CCc1ccccc1N(CC(=O)N(Cc1ccccc1)[C@@H](CC)C(=O)NC(C)C)S(=O)(=O)c1ccccc1. The number of amides is 2. The van der Waals surface area contributed by atoms with Crippen LogP contribution in [0.1, 0.15) is 45.2 Å². The van der Waals surface area contributed by atoms with Gasteiger partial charge in [0.2, 0.25) is 11.8 Å². The molecule has 3 rings (SSSR count). The average molecular weight is 536 g/mol. The second-order valence-corrected chi connectivity index (χ2v) is 11.3. The van der Waals surface area contributed by atoms with Crippen molar-refractivity contribution in [1.29, 1.82) is 0 Å². The Hall–Kier alpha value is -3.65. The van der Waals surface area contributed by atoms with Gasteiger partial charge >= 0.3 is 0 Å². The van der Waals surface area contributed by atoms with E-state index in [2.05, 4.69) is 5.32 Å². The van der Waals surface area contributed by atoms with E-state index in [1.807, 2.05) is 70.2 Å². The Morgan fingerprint density at radius 3 is 2.00 bits per heavy atom. The number of hydrogen-bond acceptors (Lipinski definition) is 4. The molecule has 0 aromatic heterocycles. The summed E-state index contributed by atoms with van der Waals surface area (Å²) in [5.74, 6) is -0.719. The van der Waals surface area contributed by atoms with E-state index in [9.17, 15) is 18.0 Å². The van der Waals surface area contributed by atoms with Crippen LogP contribution >= 0.6 is 0 Å². The van der Waals surface area contributed by atoms with Crippen LogP contribution in [0.15, 0.2) is 89.8 Å². The molecule has 0 fully saturated rings. The van der Waals surface area contributed by atoms with Crippen molar-refractivity contribution in [2.75, 3.05) is 10.8 Å². The molecule has 0 aliphatic heterocycles. The first-order valence-corrected chi connectivity index (χ1v) is 14.4. The molecule has 38 heavy (non-hydrogen) atoms. The van der Waals surface area contributed by atoms with Crippen LogP contribution in [0.3, 0.4) is 0 Å². The molecule has 3 aromatic rings. The minimum Gasteiger partial charge on any atom is -0.352 e. The lowest BCUT2D eigenvalue weighted by Crippen LogP contribution is -2.53. The molecule has 0 heterocycles. The van der Waals surface area contributed by atoms with Crippen molar-refractivity contribution in [1.82, 2.24) is 10.2 Å². The molecule has 0 saturated carbocycles. The maximum Gasteiger partial charge on any atom is 0.264 e. The van der Waals surface area contributed by atoms with Gasteiger partial charge in [0.1, 0.15) is 12.6 Å². The zero-order chi connectivity index (χ0) is 27.7. The molecule has 202 valence electrons. The Morgan fingerprint density at radius 2 is 1.42 bits per heavy atom. The number of para-hydroxylation sites is 1. The number of rotatable bonds is 12. The number of nitrogens with one attached hydrogen (secondary N) is 1. The highest BCUT2D eigenvalue weighted by Crippen LogP contribution is 2.28. The number of nitrogens with zero attached hydrogens (tertiary/aromatic N) is 2. The van der Waals surface area contributed by atoms with Gasteiger partial charge in [0.25, 0.3) is 10.0 Å². The first-order chi connectivity index (χ1) is 18.2. The minimum absolute atomic E-state index is 0.0953. The van der Waals surface area contributed by atoms with Crippen LogP contribution in [-0.4, -0.2) is 43.8 Å². The van der Waals surface area contributed by atoms with Gasteiger partial charge in [-0.3, -0.25) is 13.9 Å². The van der Waals surface area contributed by atoms with Crippen molar-refractivity contribution in [2.24, 2.45) is 0 Å². The Balaban J connectivity index is 2.08. The van der Waals surface area contributed by atoms with Crippen molar-refractivity contribution in [3.05, 3.63) is 96.1 Å². The molecule has 0 aliphatic rings. The number of carbonyl (C=O) groups excluding carboxylic acids is 2. The number of benzene rings is 3. The molecule has 0 aliphatic carbocycles. The van der Waals surface area contributed by atoms with Crippen molar-refractivity contribution < 1.29 is 18.0 Å². The normalized spacial score (nSPS) is 12.1. The lowest BCUT2D eigenvalue weighted by Gasteiger charge is -2.34. The lowest BCUT2D eigenvalue weighted by molar-refractivity contribution is -0.140. The van der Waals surface area contributed by atoms with Gasteiger partial charge in [0.05, 0.1) is 10.6 Å². The Labute approximate surface area is 226 Å². The maximum atomic E-state index is 14.0. The van der Waals surface area contributed by atoms with Gasteiger partial charge in [-0.1, -0.05) is 80.6 Å². The molecule has 1 atom stereocenters. The fraction of sp³-hybridized carbons (Fsp3) is 0.333. The van der Waals surface area contributed by atoms with Crippen LogP contribution in [0.5, 0.6) is 0 Å². The molecule has 0 unspecified atom stereocenters. The Bertz CT molecular complexity index is 1310. The highest BCUT2D eigenvalue weighted by atomic mass is 32.2. The van der Waals surface area contributed by atoms with Crippen LogP contribution in [0.25, 0.3) is 0 Å². The molecular formula is C30H37N3O4S. The van der Waals surface area contributed by atoms with Gasteiger partial charge in [-0.2, -0.15) is 0 Å². The third kappa shape index (κ3) is 7.01. The molecule has 0 radical (unpaired) electrons. The molecule has 7 nitrogen and oxygen atoms in total. The van der Waals surface area contributed by atoms with E-state index in [-0.39, 0.29) is 23.4 Å². The van der Waals surface area contributed by atoms with Crippen molar-refractivity contribution in [3.63, 3.8) is 0 Å². The molecule has 1 N–H and O–H groups in total. The quantitative estimate of drug-likeness (QED) is 0.362. The minimum atomic E-state index is -4.07. The van der Waals surface area contributed by atoms with E-state index in [0.717, 1.165) is 11.1 Å². The van der Waals surface area contributed by atoms with Crippen LogP contribution in [0.4, 0.5) is 5.69 Å². The summed E-state index contributed by atoms with van der Waals surface area (Å²) in [6.45, 7) is 7.26. The predicted molar refractivity (Wildman–Crippen MR) is 151 cm³/mol.